The number of fused-ring (bicyclic) bond motifs is 1. The second-order valence-electron chi connectivity index (χ2n) is 12.3. The quantitative estimate of drug-likeness (QED) is 0.347. The van der Waals surface area contributed by atoms with Gasteiger partial charge in [-0.15, -0.1) is 0 Å². The van der Waals surface area contributed by atoms with E-state index >= 15 is 0 Å². The zero-order chi connectivity index (χ0) is 30.2. The summed E-state index contributed by atoms with van der Waals surface area (Å²) in [6.45, 7) is 10.2. The van der Waals surface area contributed by atoms with E-state index in [0.717, 1.165) is 17.7 Å². The van der Waals surface area contributed by atoms with Crippen molar-refractivity contribution in [3.05, 3.63) is 83.4 Å². The number of carbonyl (C=O) groups is 2. The smallest absolute Gasteiger partial charge is 0.410 e. The summed E-state index contributed by atoms with van der Waals surface area (Å²) >= 11 is 0. The fourth-order valence-corrected chi connectivity index (χ4v) is 5.11. The predicted octanol–water partition coefficient (Wildman–Crippen LogP) is 6.43. The van der Waals surface area contributed by atoms with Crippen molar-refractivity contribution in [1.82, 2.24) is 15.2 Å². The second kappa shape index (κ2) is 11.2. The van der Waals surface area contributed by atoms with Gasteiger partial charge in [0.15, 0.2) is 0 Å². The van der Waals surface area contributed by atoms with Crippen molar-refractivity contribution >= 4 is 12.2 Å². The van der Waals surface area contributed by atoms with Gasteiger partial charge in [0, 0.05) is 42.6 Å². The van der Waals surface area contributed by atoms with E-state index in [1.807, 2.05) is 51.1 Å². The highest BCUT2D eigenvalue weighted by Crippen LogP contribution is 2.48. The van der Waals surface area contributed by atoms with Gasteiger partial charge < -0.3 is 24.4 Å². The minimum Gasteiger partial charge on any atom is -0.474 e. The number of rotatable bonds is 7. The molecule has 1 saturated heterocycles. The number of likely N-dealkylation sites (tertiary alicyclic amines) is 1. The van der Waals surface area contributed by atoms with Crippen molar-refractivity contribution in [3.63, 3.8) is 0 Å². The highest BCUT2D eigenvalue weighted by atomic mass is 19.1. The maximum absolute atomic E-state index is 14.8. The first-order valence-corrected chi connectivity index (χ1v) is 13.9. The molecule has 1 aliphatic heterocycles. The SMILES string of the molecule is CC(C)(C)OC(=O)N1C[C@@H]2[C@H](C1)[C@@H]2Oc1cc(C(C)(C)NC(=O)OCc2ccccc2)cc(-c2ccc(F)cc2F)n1. The number of ether oxygens (including phenoxy) is 3. The molecule has 1 aromatic heterocycles. The fraction of sp³-hybridized carbons (Fsp3) is 0.406. The summed E-state index contributed by atoms with van der Waals surface area (Å²) in [5.74, 6) is -0.995. The van der Waals surface area contributed by atoms with Crippen molar-refractivity contribution < 1.29 is 32.6 Å². The Morgan fingerprint density at radius 3 is 2.31 bits per heavy atom. The van der Waals surface area contributed by atoms with Crippen molar-refractivity contribution in [3.8, 4) is 17.1 Å². The van der Waals surface area contributed by atoms with E-state index in [0.29, 0.717) is 18.7 Å². The van der Waals surface area contributed by atoms with Gasteiger partial charge in [0.1, 0.15) is 29.9 Å². The molecule has 1 N–H and O–H groups in total. The van der Waals surface area contributed by atoms with Crippen molar-refractivity contribution in [1.29, 1.82) is 0 Å². The normalized spacial score (nSPS) is 19.6. The molecule has 3 atom stereocenters. The molecule has 10 heteroatoms. The molecule has 42 heavy (non-hydrogen) atoms. The number of hydrogen-bond donors (Lipinski definition) is 1. The van der Waals surface area contributed by atoms with Gasteiger partial charge in [0.2, 0.25) is 5.88 Å². The van der Waals surface area contributed by atoms with Crippen LogP contribution in [0.5, 0.6) is 5.88 Å². The summed E-state index contributed by atoms with van der Waals surface area (Å²) in [5.41, 5.74) is 0.215. The molecule has 1 saturated carbocycles. The molecule has 1 aliphatic carbocycles. The third-order valence-electron chi connectivity index (χ3n) is 7.38. The number of nitrogens with zero attached hydrogens (tertiary/aromatic N) is 2. The third-order valence-corrected chi connectivity index (χ3v) is 7.38. The van der Waals surface area contributed by atoms with Crippen molar-refractivity contribution in [2.24, 2.45) is 11.8 Å². The van der Waals surface area contributed by atoms with Crippen LogP contribution in [0, 0.1) is 23.5 Å². The molecule has 2 aliphatic rings. The fourth-order valence-electron chi connectivity index (χ4n) is 5.11. The van der Waals surface area contributed by atoms with Gasteiger partial charge in [-0.1, -0.05) is 30.3 Å². The van der Waals surface area contributed by atoms with Crippen LogP contribution in [0.3, 0.4) is 0 Å². The number of piperidine rings is 1. The Balaban J connectivity index is 1.33. The van der Waals surface area contributed by atoms with Crippen LogP contribution in [0.25, 0.3) is 11.3 Å². The molecular formula is C32H35F2N3O5. The minimum absolute atomic E-state index is 0.0950. The Morgan fingerprint density at radius 2 is 1.67 bits per heavy atom. The largest absolute Gasteiger partial charge is 0.474 e. The van der Waals surface area contributed by atoms with Gasteiger partial charge >= 0.3 is 12.2 Å². The van der Waals surface area contributed by atoms with E-state index in [2.05, 4.69) is 10.3 Å². The number of halogens is 2. The molecule has 2 heterocycles. The summed E-state index contributed by atoms with van der Waals surface area (Å²) in [6, 6.07) is 15.9. The van der Waals surface area contributed by atoms with Crippen LogP contribution in [-0.2, 0) is 21.6 Å². The monoisotopic (exact) mass is 579 g/mol. The molecule has 222 valence electrons. The lowest BCUT2D eigenvalue weighted by molar-refractivity contribution is 0.0252. The van der Waals surface area contributed by atoms with Crippen LogP contribution in [0.1, 0.15) is 45.7 Å². The zero-order valence-corrected chi connectivity index (χ0v) is 24.3. The summed E-state index contributed by atoms with van der Waals surface area (Å²) < 4.78 is 45.6. The highest BCUT2D eigenvalue weighted by molar-refractivity contribution is 5.70. The molecule has 3 aromatic rings. The summed E-state index contributed by atoms with van der Waals surface area (Å²) in [5, 5.41) is 2.86. The second-order valence-corrected chi connectivity index (χ2v) is 12.3. The molecular weight excluding hydrogens is 544 g/mol. The Hall–Kier alpha value is -4.21. The van der Waals surface area contributed by atoms with Crippen LogP contribution >= 0.6 is 0 Å². The van der Waals surface area contributed by atoms with Crippen molar-refractivity contribution in [2.45, 2.75) is 58.5 Å². The molecule has 2 fully saturated rings. The first-order valence-electron chi connectivity index (χ1n) is 13.9. The Bertz CT molecular complexity index is 1460. The van der Waals surface area contributed by atoms with Gasteiger partial charge in [-0.2, -0.15) is 0 Å². The lowest BCUT2D eigenvalue weighted by atomic mass is 9.93. The van der Waals surface area contributed by atoms with E-state index in [1.165, 1.54) is 6.07 Å². The molecule has 5 rings (SSSR count). The number of carbonyl (C=O) groups excluding carboxylic acids is 2. The number of benzene rings is 2. The third kappa shape index (κ3) is 6.80. The summed E-state index contributed by atoms with van der Waals surface area (Å²) in [4.78, 5) is 31.4. The molecule has 0 spiro atoms. The summed E-state index contributed by atoms with van der Waals surface area (Å²) in [7, 11) is 0. The lowest BCUT2D eigenvalue weighted by Crippen LogP contribution is -2.41. The van der Waals surface area contributed by atoms with Crippen molar-refractivity contribution in [2.75, 3.05) is 13.1 Å². The number of pyridine rings is 1. The maximum Gasteiger partial charge on any atom is 0.410 e. The van der Waals surface area contributed by atoms with Gasteiger partial charge in [0.05, 0.1) is 11.2 Å². The van der Waals surface area contributed by atoms with Gasteiger partial charge in [-0.05, 0) is 63.9 Å². The molecule has 2 amide bonds. The zero-order valence-electron chi connectivity index (χ0n) is 24.3. The Morgan fingerprint density at radius 1 is 0.976 bits per heavy atom. The molecule has 2 aromatic carbocycles. The number of alkyl carbamates (subject to hydrolysis) is 1. The van der Waals surface area contributed by atoms with Crippen LogP contribution in [0.4, 0.5) is 18.4 Å². The van der Waals surface area contributed by atoms with E-state index in [-0.39, 0.29) is 47.8 Å². The lowest BCUT2D eigenvalue weighted by Gasteiger charge is -2.28. The number of nitrogens with one attached hydrogen (secondary N) is 1. The van der Waals surface area contributed by atoms with E-state index < -0.39 is 28.9 Å². The topological polar surface area (TPSA) is 90.0 Å². The Kier molecular flexibility index (Phi) is 7.83. The van der Waals surface area contributed by atoms with Crippen LogP contribution in [-0.4, -0.2) is 46.9 Å². The molecule has 0 bridgehead atoms. The molecule has 0 unspecified atom stereocenters. The minimum atomic E-state index is -0.965. The van der Waals surface area contributed by atoms with Gasteiger partial charge in [-0.3, -0.25) is 0 Å². The first-order chi connectivity index (χ1) is 19.8. The maximum atomic E-state index is 14.8. The highest BCUT2D eigenvalue weighted by Gasteiger charge is 2.59. The average molecular weight is 580 g/mol. The molecule has 0 radical (unpaired) electrons. The first kappa shape index (κ1) is 29.3. The van der Waals surface area contributed by atoms with Gasteiger partial charge in [-0.25, -0.2) is 23.4 Å². The van der Waals surface area contributed by atoms with Gasteiger partial charge in [0.25, 0.3) is 0 Å². The van der Waals surface area contributed by atoms with E-state index in [1.54, 1.807) is 30.9 Å². The average Bonchev–Trinajstić information content (AvgIpc) is 3.33. The van der Waals surface area contributed by atoms with E-state index in [4.69, 9.17) is 14.2 Å². The number of hydrogen-bond acceptors (Lipinski definition) is 6. The standard InChI is InChI=1S/C32H35F2N3O5/c1-31(2,3)42-30(39)37-16-23-24(17-37)28(23)41-27-14-20(13-26(35-27)22-12-11-21(33)15-25(22)34)32(4,5)36-29(38)40-18-19-9-7-6-8-10-19/h6-15,23-24,28H,16-18H2,1-5H3,(H,36,38)/t23-,24+,28-. The van der Waals surface area contributed by atoms with E-state index in [9.17, 15) is 18.4 Å². The predicted molar refractivity (Wildman–Crippen MR) is 152 cm³/mol. The number of amides is 2. The number of aromatic nitrogens is 1. The van der Waals surface area contributed by atoms with Crippen LogP contribution in [0.15, 0.2) is 60.7 Å². The van der Waals surface area contributed by atoms with Crippen LogP contribution < -0.4 is 10.1 Å². The summed E-state index contributed by atoms with van der Waals surface area (Å²) in [6.07, 6.45) is -1.16. The molecule has 8 nitrogen and oxygen atoms in total. The van der Waals surface area contributed by atoms with Crippen LogP contribution in [0.2, 0.25) is 0 Å². The Labute approximate surface area is 244 Å².